The summed E-state index contributed by atoms with van der Waals surface area (Å²) in [5, 5.41) is 2.57. The van der Waals surface area contributed by atoms with Crippen LogP contribution in [0.2, 0.25) is 0 Å². The molecule has 0 unspecified atom stereocenters. The van der Waals surface area contributed by atoms with Gasteiger partial charge in [0.1, 0.15) is 0 Å². The standard InChI is InChI=1S/C11H15F2N3O/c1-16(2)4-3-15-11(17)7-5-8(12)9(13)6-10(7)14/h5-6H,3-4,14H2,1-2H3,(H,15,17). The number of likely N-dealkylation sites (N-methyl/N-ethyl adjacent to an activating group) is 1. The van der Waals surface area contributed by atoms with Gasteiger partial charge in [0.05, 0.1) is 5.56 Å². The minimum Gasteiger partial charge on any atom is -0.398 e. The first-order valence-electron chi connectivity index (χ1n) is 5.09. The van der Waals surface area contributed by atoms with Crippen molar-refractivity contribution in [3.63, 3.8) is 0 Å². The molecule has 1 aromatic rings. The lowest BCUT2D eigenvalue weighted by Crippen LogP contribution is -2.31. The molecule has 17 heavy (non-hydrogen) atoms. The zero-order chi connectivity index (χ0) is 13.0. The number of nitrogen functional groups attached to an aromatic ring is 1. The van der Waals surface area contributed by atoms with Gasteiger partial charge in [-0.05, 0) is 20.2 Å². The van der Waals surface area contributed by atoms with Crippen LogP contribution in [0.25, 0.3) is 0 Å². The molecule has 1 aromatic carbocycles. The summed E-state index contributed by atoms with van der Waals surface area (Å²) in [7, 11) is 3.72. The number of nitrogens with two attached hydrogens (primary N) is 1. The maximum atomic E-state index is 13.0. The van der Waals surface area contributed by atoms with Crippen molar-refractivity contribution in [3.05, 3.63) is 29.3 Å². The molecule has 0 atom stereocenters. The summed E-state index contributed by atoms with van der Waals surface area (Å²) < 4.78 is 25.7. The van der Waals surface area contributed by atoms with Crippen LogP contribution in [-0.2, 0) is 0 Å². The molecule has 0 saturated heterocycles. The summed E-state index contributed by atoms with van der Waals surface area (Å²) in [6.45, 7) is 1.06. The third-order valence-electron chi connectivity index (χ3n) is 2.18. The van der Waals surface area contributed by atoms with Crippen molar-refractivity contribution in [1.29, 1.82) is 0 Å². The molecule has 6 heteroatoms. The van der Waals surface area contributed by atoms with Crippen molar-refractivity contribution < 1.29 is 13.6 Å². The van der Waals surface area contributed by atoms with Gasteiger partial charge in [0.25, 0.3) is 5.91 Å². The first-order chi connectivity index (χ1) is 7.91. The highest BCUT2D eigenvalue weighted by Gasteiger charge is 2.13. The van der Waals surface area contributed by atoms with E-state index >= 15 is 0 Å². The zero-order valence-electron chi connectivity index (χ0n) is 9.76. The minimum atomic E-state index is -1.09. The lowest BCUT2D eigenvalue weighted by molar-refractivity contribution is 0.0951. The molecular weight excluding hydrogens is 228 g/mol. The van der Waals surface area contributed by atoms with Gasteiger partial charge in [0.2, 0.25) is 0 Å². The van der Waals surface area contributed by atoms with Gasteiger partial charge in [0.15, 0.2) is 11.6 Å². The first kappa shape index (κ1) is 13.4. The predicted molar refractivity (Wildman–Crippen MR) is 61.7 cm³/mol. The van der Waals surface area contributed by atoms with E-state index in [1.54, 1.807) is 0 Å². The van der Waals surface area contributed by atoms with Crippen LogP contribution in [0.4, 0.5) is 14.5 Å². The van der Waals surface area contributed by atoms with Crippen LogP contribution < -0.4 is 11.1 Å². The molecule has 0 heterocycles. The highest BCUT2D eigenvalue weighted by Crippen LogP contribution is 2.16. The molecule has 94 valence electrons. The molecule has 0 aliphatic carbocycles. The van der Waals surface area contributed by atoms with E-state index < -0.39 is 17.5 Å². The van der Waals surface area contributed by atoms with Gasteiger partial charge < -0.3 is 16.0 Å². The lowest BCUT2D eigenvalue weighted by atomic mass is 10.1. The fourth-order valence-electron chi connectivity index (χ4n) is 1.25. The molecule has 3 N–H and O–H groups in total. The summed E-state index contributed by atoms with van der Waals surface area (Å²) in [4.78, 5) is 13.5. The Kier molecular flexibility index (Phi) is 4.39. The Balaban J connectivity index is 2.72. The number of hydrogen-bond donors (Lipinski definition) is 2. The number of anilines is 1. The molecule has 0 aliphatic rings. The van der Waals surface area contributed by atoms with E-state index in [2.05, 4.69) is 5.32 Å². The van der Waals surface area contributed by atoms with Crippen LogP contribution in [0.3, 0.4) is 0 Å². The van der Waals surface area contributed by atoms with E-state index in [0.29, 0.717) is 13.1 Å². The van der Waals surface area contributed by atoms with Crippen LogP contribution in [0, 0.1) is 11.6 Å². The Morgan fingerprint density at radius 1 is 1.35 bits per heavy atom. The normalized spacial score (nSPS) is 10.6. The fraction of sp³-hybridized carbons (Fsp3) is 0.364. The monoisotopic (exact) mass is 243 g/mol. The predicted octanol–water partition coefficient (Wildman–Crippen LogP) is 0.838. The average molecular weight is 243 g/mol. The lowest BCUT2D eigenvalue weighted by Gasteiger charge is -2.11. The number of carbonyl (C=O) groups excluding carboxylic acids is 1. The highest BCUT2D eigenvalue weighted by molar-refractivity contribution is 5.99. The average Bonchev–Trinajstić information content (AvgIpc) is 2.22. The van der Waals surface area contributed by atoms with Crippen molar-refractivity contribution in [2.75, 3.05) is 32.9 Å². The second-order valence-corrected chi connectivity index (χ2v) is 3.91. The fourth-order valence-corrected chi connectivity index (χ4v) is 1.25. The molecule has 1 rings (SSSR count). The molecule has 0 radical (unpaired) electrons. The smallest absolute Gasteiger partial charge is 0.253 e. The Labute approximate surface area is 98.4 Å². The molecule has 1 amide bonds. The van der Waals surface area contributed by atoms with Gasteiger partial charge in [-0.3, -0.25) is 4.79 Å². The summed E-state index contributed by atoms with van der Waals surface area (Å²) in [6.07, 6.45) is 0. The van der Waals surface area contributed by atoms with Gasteiger partial charge >= 0.3 is 0 Å². The minimum absolute atomic E-state index is 0.0531. The van der Waals surface area contributed by atoms with Crippen molar-refractivity contribution in [2.24, 2.45) is 0 Å². The Bertz CT molecular complexity index is 421. The molecular formula is C11H15F2N3O. The van der Waals surface area contributed by atoms with Crippen molar-refractivity contribution in [2.45, 2.75) is 0 Å². The van der Waals surface area contributed by atoms with Gasteiger partial charge in [-0.1, -0.05) is 0 Å². The molecule has 0 fully saturated rings. The molecule has 0 aliphatic heterocycles. The molecule has 4 nitrogen and oxygen atoms in total. The SMILES string of the molecule is CN(C)CCNC(=O)c1cc(F)c(F)cc1N. The summed E-state index contributed by atoms with van der Waals surface area (Å²) in [5.74, 6) is -2.66. The molecule has 0 aromatic heterocycles. The van der Waals surface area contributed by atoms with E-state index in [9.17, 15) is 13.6 Å². The van der Waals surface area contributed by atoms with E-state index in [1.165, 1.54) is 0 Å². The topological polar surface area (TPSA) is 58.4 Å². The van der Waals surface area contributed by atoms with E-state index in [0.717, 1.165) is 12.1 Å². The number of benzene rings is 1. The Morgan fingerprint density at radius 3 is 2.53 bits per heavy atom. The quantitative estimate of drug-likeness (QED) is 0.770. The number of carbonyl (C=O) groups is 1. The zero-order valence-corrected chi connectivity index (χ0v) is 9.76. The van der Waals surface area contributed by atoms with Crippen molar-refractivity contribution >= 4 is 11.6 Å². The highest BCUT2D eigenvalue weighted by atomic mass is 19.2. The van der Waals surface area contributed by atoms with Gasteiger partial charge in [-0.2, -0.15) is 0 Å². The summed E-state index contributed by atoms with van der Waals surface area (Å²) in [6, 6.07) is 1.60. The van der Waals surface area contributed by atoms with Crippen molar-refractivity contribution in [1.82, 2.24) is 10.2 Å². The Hall–Kier alpha value is -1.69. The number of hydrogen-bond acceptors (Lipinski definition) is 3. The number of nitrogens with one attached hydrogen (secondary N) is 1. The third kappa shape index (κ3) is 3.67. The number of amides is 1. The molecule has 0 spiro atoms. The van der Waals surface area contributed by atoms with Crippen LogP contribution in [0.1, 0.15) is 10.4 Å². The van der Waals surface area contributed by atoms with E-state index in [1.807, 2.05) is 19.0 Å². The van der Waals surface area contributed by atoms with Crippen LogP contribution in [0.15, 0.2) is 12.1 Å². The van der Waals surface area contributed by atoms with Crippen LogP contribution in [0.5, 0.6) is 0 Å². The maximum absolute atomic E-state index is 13.0. The second kappa shape index (κ2) is 5.58. The van der Waals surface area contributed by atoms with Crippen molar-refractivity contribution in [3.8, 4) is 0 Å². The molecule has 0 saturated carbocycles. The van der Waals surface area contributed by atoms with Gasteiger partial charge in [-0.25, -0.2) is 8.78 Å². The first-order valence-corrected chi connectivity index (χ1v) is 5.09. The number of halogens is 2. The Morgan fingerprint density at radius 2 is 1.94 bits per heavy atom. The molecule has 0 bridgehead atoms. The van der Waals surface area contributed by atoms with Gasteiger partial charge in [0, 0.05) is 24.8 Å². The summed E-state index contributed by atoms with van der Waals surface area (Å²) >= 11 is 0. The maximum Gasteiger partial charge on any atom is 0.253 e. The summed E-state index contributed by atoms with van der Waals surface area (Å²) in [5.41, 5.74) is 5.31. The largest absolute Gasteiger partial charge is 0.398 e. The van der Waals surface area contributed by atoms with Crippen LogP contribution in [-0.4, -0.2) is 38.0 Å². The third-order valence-corrected chi connectivity index (χ3v) is 2.18. The number of nitrogens with zero attached hydrogens (tertiary/aromatic N) is 1. The van der Waals surface area contributed by atoms with Gasteiger partial charge in [-0.15, -0.1) is 0 Å². The second-order valence-electron chi connectivity index (χ2n) is 3.91. The van der Waals surface area contributed by atoms with E-state index in [4.69, 9.17) is 5.73 Å². The number of rotatable bonds is 4. The van der Waals surface area contributed by atoms with Crippen LogP contribution >= 0.6 is 0 Å². The van der Waals surface area contributed by atoms with E-state index in [-0.39, 0.29) is 11.3 Å².